The minimum Gasteiger partial charge on any atom is -0.310 e. The van der Waals surface area contributed by atoms with Gasteiger partial charge in [-0.25, -0.2) is 0 Å². The number of hydrogen-bond donors (Lipinski definition) is 0. The van der Waals surface area contributed by atoms with E-state index in [-0.39, 0.29) is 5.41 Å². The molecule has 1 heterocycles. The zero-order valence-electron chi connectivity index (χ0n) is 30.9. The maximum Gasteiger partial charge on any atom is 0.0468 e. The van der Waals surface area contributed by atoms with Crippen LogP contribution in [0.1, 0.15) is 30.5 Å². The second-order valence-electron chi connectivity index (χ2n) is 15.7. The molecule has 55 heavy (non-hydrogen) atoms. The molecule has 2 heteroatoms. The lowest BCUT2D eigenvalue weighted by Gasteiger charge is -2.30. The minimum absolute atomic E-state index is 0.0460. The number of anilines is 3. The molecule has 0 radical (unpaired) electrons. The molecule has 0 N–H and O–H groups in total. The van der Waals surface area contributed by atoms with Crippen molar-refractivity contribution in [1.29, 1.82) is 0 Å². The van der Waals surface area contributed by atoms with Gasteiger partial charge in [0, 0.05) is 54.5 Å². The predicted molar refractivity (Wildman–Crippen MR) is 237 cm³/mol. The Balaban J connectivity index is 1.05. The quantitative estimate of drug-likeness (QED) is 0.171. The van der Waals surface area contributed by atoms with E-state index in [1.807, 2.05) is 11.3 Å². The van der Waals surface area contributed by atoms with Gasteiger partial charge in [-0.15, -0.1) is 11.3 Å². The van der Waals surface area contributed by atoms with Crippen molar-refractivity contribution in [2.45, 2.75) is 19.3 Å². The molecule has 0 spiro atoms. The van der Waals surface area contributed by atoms with Gasteiger partial charge in [0.2, 0.25) is 0 Å². The summed E-state index contributed by atoms with van der Waals surface area (Å²) in [4.78, 5) is 2.44. The first-order chi connectivity index (χ1) is 27.0. The van der Waals surface area contributed by atoms with Gasteiger partial charge in [-0.05, 0) is 104 Å². The maximum atomic E-state index is 2.44. The molecule has 0 aliphatic heterocycles. The minimum atomic E-state index is -0.0460. The molecule has 11 rings (SSSR count). The smallest absolute Gasteiger partial charge is 0.0468 e. The predicted octanol–water partition coefficient (Wildman–Crippen LogP) is 15.0. The highest BCUT2D eigenvalue weighted by Gasteiger charge is 2.35. The van der Waals surface area contributed by atoms with Crippen LogP contribution in [-0.2, 0) is 5.41 Å². The number of hydrogen-bond acceptors (Lipinski definition) is 2. The van der Waals surface area contributed by atoms with Crippen molar-refractivity contribution >= 4 is 64.9 Å². The number of fused-ring (bicyclic) bond motifs is 9. The van der Waals surface area contributed by atoms with E-state index in [9.17, 15) is 0 Å². The van der Waals surface area contributed by atoms with E-state index in [0.29, 0.717) is 11.8 Å². The lowest BCUT2D eigenvalue weighted by Crippen LogP contribution is -2.16. The third kappa shape index (κ3) is 5.05. The molecular formula is C53H39NS. The molecule has 262 valence electrons. The third-order valence-electron chi connectivity index (χ3n) is 12.2. The van der Waals surface area contributed by atoms with E-state index in [1.165, 1.54) is 75.5 Å². The van der Waals surface area contributed by atoms with Crippen molar-refractivity contribution in [1.82, 2.24) is 0 Å². The summed E-state index contributed by atoms with van der Waals surface area (Å²) in [6, 6.07) is 54.6. The van der Waals surface area contributed by atoms with E-state index in [1.54, 1.807) is 0 Å². The van der Waals surface area contributed by atoms with Crippen LogP contribution in [0.3, 0.4) is 0 Å². The standard InChI is InChI=1S/C53H39NS/c1-53(2)48-22-7-5-17-44(48)47-33-39(28-30-49(47)53)54(38-15-9-14-36(32-38)42-19-10-13-34-12-3-4-16-40(34)42)37-26-24-35(25-27-37)41-20-11-21-45-43(41)29-31-51-52(45)46-18-6-8-23-50(46)55-51/h3-34,40H,1-2H3. The average Bonchev–Trinajstić information content (AvgIpc) is 3.73. The highest BCUT2D eigenvalue weighted by Crippen LogP contribution is 2.51. The fraction of sp³-hybridized carbons (Fsp3) is 0.0943. The van der Waals surface area contributed by atoms with Gasteiger partial charge in [0.15, 0.2) is 0 Å². The zero-order chi connectivity index (χ0) is 36.7. The average molecular weight is 722 g/mol. The van der Waals surface area contributed by atoms with Crippen LogP contribution in [0, 0.1) is 11.8 Å². The first-order valence-corrected chi connectivity index (χ1v) is 20.2. The Morgan fingerprint density at radius 1 is 0.491 bits per heavy atom. The summed E-state index contributed by atoms with van der Waals surface area (Å²) in [7, 11) is 0. The van der Waals surface area contributed by atoms with Crippen molar-refractivity contribution in [3.8, 4) is 22.3 Å². The first kappa shape index (κ1) is 32.2. The number of allylic oxidation sites excluding steroid dienone is 8. The van der Waals surface area contributed by atoms with Crippen LogP contribution in [-0.4, -0.2) is 0 Å². The second kappa shape index (κ2) is 12.4. The molecule has 2 atom stereocenters. The Morgan fingerprint density at radius 3 is 2.15 bits per heavy atom. The number of nitrogens with zero attached hydrogens (tertiary/aromatic N) is 1. The SMILES string of the molecule is CC1(C)c2ccccc2-c2cc(N(c3ccc(-c4cccc5c4ccc4sc6ccccc6c45)cc3)c3cccc(C4=CC=CC5C=CC=CC45)c3)ccc21. The number of benzene rings is 7. The summed E-state index contributed by atoms with van der Waals surface area (Å²) in [5, 5.41) is 5.30. The molecular weight excluding hydrogens is 683 g/mol. The molecule has 1 nitrogen and oxygen atoms in total. The molecule has 3 aliphatic rings. The van der Waals surface area contributed by atoms with Crippen LogP contribution in [0.4, 0.5) is 17.1 Å². The van der Waals surface area contributed by atoms with Crippen molar-refractivity contribution < 1.29 is 0 Å². The molecule has 0 bridgehead atoms. The van der Waals surface area contributed by atoms with E-state index in [4.69, 9.17) is 0 Å². The summed E-state index contributed by atoms with van der Waals surface area (Å²) >= 11 is 1.88. The van der Waals surface area contributed by atoms with Gasteiger partial charge in [0.05, 0.1) is 0 Å². The first-order valence-electron chi connectivity index (χ1n) is 19.3. The van der Waals surface area contributed by atoms with Gasteiger partial charge in [0.1, 0.15) is 0 Å². The van der Waals surface area contributed by atoms with Crippen LogP contribution >= 0.6 is 11.3 Å². The van der Waals surface area contributed by atoms with Crippen LogP contribution in [0.25, 0.3) is 58.8 Å². The summed E-state index contributed by atoms with van der Waals surface area (Å²) in [5.74, 6) is 0.728. The highest BCUT2D eigenvalue weighted by molar-refractivity contribution is 7.26. The molecule has 0 amide bonds. The normalized spacial score (nSPS) is 17.7. The van der Waals surface area contributed by atoms with Crippen LogP contribution in [0.15, 0.2) is 188 Å². The van der Waals surface area contributed by atoms with Crippen molar-refractivity contribution in [3.05, 3.63) is 205 Å². The Hall–Kier alpha value is -6.22. The molecule has 0 saturated carbocycles. The summed E-state index contributed by atoms with van der Waals surface area (Å²) < 4.78 is 2.68. The zero-order valence-corrected chi connectivity index (χ0v) is 31.7. The van der Waals surface area contributed by atoms with Crippen LogP contribution in [0.2, 0.25) is 0 Å². The Kier molecular flexibility index (Phi) is 7.27. The fourth-order valence-electron chi connectivity index (χ4n) is 9.55. The van der Waals surface area contributed by atoms with Crippen LogP contribution < -0.4 is 4.90 Å². The monoisotopic (exact) mass is 721 g/mol. The van der Waals surface area contributed by atoms with E-state index < -0.39 is 0 Å². The summed E-state index contributed by atoms with van der Waals surface area (Å²) in [5.41, 5.74) is 13.9. The topological polar surface area (TPSA) is 3.24 Å². The highest BCUT2D eigenvalue weighted by atomic mass is 32.1. The van der Waals surface area contributed by atoms with Crippen molar-refractivity contribution in [3.63, 3.8) is 0 Å². The van der Waals surface area contributed by atoms with E-state index in [2.05, 4.69) is 207 Å². The van der Waals surface area contributed by atoms with Gasteiger partial charge in [-0.1, -0.05) is 153 Å². The largest absolute Gasteiger partial charge is 0.310 e. The fourth-order valence-corrected chi connectivity index (χ4v) is 10.7. The van der Waals surface area contributed by atoms with Gasteiger partial charge < -0.3 is 4.90 Å². The van der Waals surface area contributed by atoms with Gasteiger partial charge in [-0.3, -0.25) is 0 Å². The number of rotatable bonds is 5. The molecule has 3 aliphatic carbocycles. The molecule has 0 saturated heterocycles. The molecule has 0 fully saturated rings. The van der Waals surface area contributed by atoms with Crippen LogP contribution in [0.5, 0.6) is 0 Å². The summed E-state index contributed by atoms with van der Waals surface area (Å²) in [6.45, 7) is 4.70. The second-order valence-corrected chi connectivity index (χ2v) is 16.7. The molecule has 7 aromatic carbocycles. The maximum absolute atomic E-state index is 2.44. The summed E-state index contributed by atoms with van der Waals surface area (Å²) in [6.07, 6.45) is 15.9. The van der Waals surface area contributed by atoms with Gasteiger partial charge in [-0.2, -0.15) is 0 Å². The molecule has 2 unspecified atom stereocenters. The Morgan fingerprint density at radius 2 is 1.22 bits per heavy atom. The third-order valence-corrected chi connectivity index (χ3v) is 13.4. The van der Waals surface area contributed by atoms with Crippen molar-refractivity contribution in [2.75, 3.05) is 4.90 Å². The Labute approximate surface area is 326 Å². The molecule has 8 aromatic rings. The molecule has 1 aromatic heterocycles. The lowest BCUT2D eigenvalue weighted by atomic mass is 9.77. The van der Waals surface area contributed by atoms with E-state index in [0.717, 1.165) is 17.1 Å². The lowest BCUT2D eigenvalue weighted by molar-refractivity contribution is 0.660. The Bertz CT molecular complexity index is 2970. The van der Waals surface area contributed by atoms with Gasteiger partial charge in [0.25, 0.3) is 0 Å². The number of thiophene rings is 1. The van der Waals surface area contributed by atoms with E-state index >= 15 is 0 Å². The van der Waals surface area contributed by atoms with Gasteiger partial charge >= 0.3 is 0 Å². The van der Waals surface area contributed by atoms with Crippen molar-refractivity contribution in [2.24, 2.45) is 11.8 Å².